The van der Waals surface area contributed by atoms with Gasteiger partial charge in [-0.15, -0.1) is 0 Å². The zero-order valence-corrected chi connectivity index (χ0v) is 25.1. The molecule has 0 fully saturated rings. The fraction of sp³-hybridized carbons (Fsp3) is 0.429. The molecule has 4 atom stereocenters. The van der Waals surface area contributed by atoms with Gasteiger partial charge < -0.3 is 38.6 Å². The van der Waals surface area contributed by atoms with Crippen LogP contribution in [0.3, 0.4) is 0 Å². The average Bonchev–Trinajstić information content (AvgIpc) is 3.03. The van der Waals surface area contributed by atoms with Gasteiger partial charge in [0.2, 0.25) is 0 Å². The van der Waals surface area contributed by atoms with Crippen LogP contribution in [0.4, 0.5) is 0 Å². The predicted octanol–water partition coefficient (Wildman–Crippen LogP) is 5.59. The molecular weight excluding hydrogens is 548 g/mol. The standard InChI is InChI=1S/C35H44O8/c1-38-31-12-8-27(9-13-31)22-40-17-16-29(36)18-30(37)19-34-20-33(42-24-28-10-14-32(39-2)15-11-28)21-35(43-34)25-41-23-26-6-4-3-5-7-26/h3-15,20,29-30,33,35-37H,16-19,21-25H2,1-2H3/t29-,30+,33-,35-/m1/s1. The lowest BCUT2D eigenvalue weighted by molar-refractivity contribution is -0.0508. The number of hydrogen-bond donors (Lipinski definition) is 2. The van der Waals surface area contributed by atoms with Crippen LogP contribution in [-0.4, -0.2) is 62.1 Å². The molecule has 4 rings (SSSR count). The van der Waals surface area contributed by atoms with E-state index in [9.17, 15) is 10.2 Å². The molecule has 0 unspecified atom stereocenters. The van der Waals surface area contributed by atoms with Crippen molar-refractivity contribution >= 4 is 0 Å². The highest BCUT2D eigenvalue weighted by Gasteiger charge is 2.26. The van der Waals surface area contributed by atoms with E-state index in [-0.39, 0.29) is 25.0 Å². The van der Waals surface area contributed by atoms with Crippen molar-refractivity contribution in [1.29, 1.82) is 0 Å². The Bertz CT molecular complexity index is 1210. The molecule has 0 aliphatic carbocycles. The van der Waals surface area contributed by atoms with Crippen LogP contribution in [0.1, 0.15) is 42.4 Å². The zero-order valence-electron chi connectivity index (χ0n) is 25.1. The maximum Gasteiger partial charge on any atom is 0.124 e. The second kappa shape index (κ2) is 17.7. The molecule has 0 saturated heterocycles. The Labute approximate surface area is 254 Å². The maximum absolute atomic E-state index is 10.8. The molecule has 1 heterocycles. The lowest BCUT2D eigenvalue weighted by Crippen LogP contribution is -2.32. The molecule has 232 valence electrons. The van der Waals surface area contributed by atoms with Gasteiger partial charge in [0.1, 0.15) is 17.6 Å². The van der Waals surface area contributed by atoms with Crippen molar-refractivity contribution in [3.05, 3.63) is 107 Å². The van der Waals surface area contributed by atoms with Gasteiger partial charge in [-0.25, -0.2) is 0 Å². The van der Waals surface area contributed by atoms with Crippen molar-refractivity contribution in [2.24, 2.45) is 0 Å². The van der Waals surface area contributed by atoms with Crippen LogP contribution < -0.4 is 9.47 Å². The Hall–Kier alpha value is -3.40. The molecule has 0 radical (unpaired) electrons. The first-order chi connectivity index (χ1) is 21.0. The van der Waals surface area contributed by atoms with Crippen molar-refractivity contribution in [3.8, 4) is 11.5 Å². The van der Waals surface area contributed by atoms with Crippen LogP contribution in [0, 0.1) is 0 Å². The number of aliphatic hydroxyl groups excluding tert-OH is 2. The summed E-state index contributed by atoms with van der Waals surface area (Å²) in [7, 11) is 3.28. The summed E-state index contributed by atoms with van der Waals surface area (Å²) in [4.78, 5) is 0. The fourth-order valence-corrected chi connectivity index (χ4v) is 4.86. The van der Waals surface area contributed by atoms with Gasteiger partial charge in [0.15, 0.2) is 0 Å². The molecule has 0 saturated carbocycles. The summed E-state index contributed by atoms with van der Waals surface area (Å²) < 4.78 is 34.6. The van der Waals surface area contributed by atoms with Crippen LogP contribution in [-0.2, 0) is 38.8 Å². The number of methoxy groups -OCH3 is 2. The second-order valence-corrected chi connectivity index (χ2v) is 10.7. The van der Waals surface area contributed by atoms with E-state index in [1.165, 1.54) is 0 Å². The topological polar surface area (TPSA) is 95.8 Å². The van der Waals surface area contributed by atoms with E-state index >= 15 is 0 Å². The Balaban J connectivity index is 1.25. The van der Waals surface area contributed by atoms with E-state index in [0.29, 0.717) is 51.6 Å². The third-order valence-electron chi connectivity index (χ3n) is 7.23. The minimum absolute atomic E-state index is 0.195. The van der Waals surface area contributed by atoms with Crippen molar-refractivity contribution in [2.45, 2.75) is 69.9 Å². The number of ether oxygens (including phenoxy) is 6. The summed E-state index contributed by atoms with van der Waals surface area (Å²) >= 11 is 0. The summed E-state index contributed by atoms with van der Waals surface area (Å²) in [6.07, 6.45) is 1.63. The molecule has 0 amide bonds. The molecule has 0 spiro atoms. The summed E-state index contributed by atoms with van der Waals surface area (Å²) in [5.74, 6) is 2.24. The van der Waals surface area contributed by atoms with Gasteiger partial charge >= 0.3 is 0 Å². The van der Waals surface area contributed by atoms with Crippen molar-refractivity contribution in [2.75, 3.05) is 27.4 Å². The predicted molar refractivity (Wildman–Crippen MR) is 164 cm³/mol. The van der Waals surface area contributed by atoms with Crippen LogP contribution in [0.25, 0.3) is 0 Å². The highest BCUT2D eigenvalue weighted by molar-refractivity contribution is 5.27. The molecule has 0 bridgehead atoms. The largest absolute Gasteiger partial charge is 0.497 e. The number of benzene rings is 3. The Morgan fingerprint density at radius 3 is 2.00 bits per heavy atom. The third kappa shape index (κ3) is 11.7. The van der Waals surface area contributed by atoms with Gasteiger partial charge in [-0.1, -0.05) is 54.6 Å². The van der Waals surface area contributed by atoms with Crippen LogP contribution >= 0.6 is 0 Å². The Morgan fingerprint density at radius 1 is 0.744 bits per heavy atom. The molecule has 2 N–H and O–H groups in total. The molecule has 1 aliphatic heterocycles. The van der Waals surface area contributed by atoms with E-state index in [0.717, 1.165) is 28.2 Å². The normalized spacial score (nSPS) is 17.9. The van der Waals surface area contributed by atoms with Gasteiger partial charge in [-0.05, 0) is 59.9 Å². The molecule has 3 aromatic carbocycles. The van der Waals surface area contributed by atoms with E-state index in [4.69, 9.17) is 28.4 Å². The monoisotopic (exact) mass is 592 g/mol. The van der Waals surface area contributed by atoms with Crippen LogP contribution in [0.2, 0.25) is 0 Å². The molecule has 43 heavy (non-hydrogen) atoms. The summed E-state index contributed by atoms with van der Waals surface area (Å²) in [5.41, 5.74) is 3.16. The maximum atomic E-state index is 10.8. The van der Waals surface area contributed by atoms with Gasteiger partial charge in [-0.3, -0.25) is 0 Å². The van der Waals surface area contributed by atoms with Crippen molar-refractivity contribution < 1.29 is 38.6 Å². The fourth-order valence-electron chi connectivity index (χ4n) is 4.86. The summed E-state index contributed by atoms with van der Waals surface area (Å²) in [5, 5.41) is 21.3. The highest BCUT2D eigenvalue weighted by atomic mass is 16.5. The first-order valence-electron chi connectivity index (χ1n) is 14.8. The molecular formula is C35H44O8. The number of rotatable bonds is 18. The highest BCUT2D eigenvalue weighted by Crippen LogP contribution is 2.26. The third-order valence-corrected chi connectivity index (χ3v) is 7.23. The van der Waals surface area contributed by atoms with Crippen LogP contribution in [0.5, 0.6) is 11.5 Å². The first kappa shape index (κ1) is 32.5. The molecule has 0 aromatic heterocycles. The van der Waals surface area contributed by atoms with Crippen LogP contribution in [0.15, 0.2) is 90.7 Å². The van der Waals surface area contributed by atoms with Crippen molar-refractivity contribution in [3.63, 3.8) is 0 Å². The van der Waals surface area contributed by atoms with Gasteiger partial charge in [0.05, 0.1) is 64.7 Å². The SMILES string of the molecule is COc1ccc(COCC[C@@H](O)C[C@H](O)CC2=C[C@@H](OCc3ccc(OC)cc3)C[C@H](COCc3ccccc3)O2)cc1. The molecule has 8 nitrogen and oxygen atoms in total. The number of aliphatic hydroxyl groups is 2. The van der Waals surface area contributed by atoms with E-state index in [1.54, 1.807) is 14.2 Å². The van der Waals surface area contributed by atoms with Gasteiger partial charge in [0, 0.05) is 19.4 Å². The molecule has 8 heteroatoms. The lowest BCUT2D eigenvalue weighted by Gasteiger charge is -2.31. The smallest absolute Gasteiger partial charge is 0.124 e. The summed E-state index contributed by atoms with van der Waals surface area (Å²) in [6, 6.07) is 25.5. The molecule has 3 aromatic rings. The first-order valence-corrected chi connectivity index (χ1v) is 14.8. The lowest BCUT2D eigenvalue weighted by atomic mass is 10.0. The minimum Gasteiger partial charge on any atom is -0.497 e. The Kier molecular flexibility index (Phi) is 13.3. The second-order valence-electron chi connectivity index (χ2n) is 10.7. The zero-order chi connectivity index (χ0) is 30.3. The molecule has 1 aliphatic rings. The quantitative estimate of drug-likeness (QED) is 0.185. The van der Waals surface area contributed by atoms with Gasteiger partial charge in [-0.2, -0.15) is 0 Å². The summed E-state index contributed by atoms with van der Waals surface area (Å²) in [6.45, 7) is 2.17. The van der Waals surface area contributed by atoms with Gasteiger partial charge in [0.25, 0.3) is 0 Å². The Morgan fingerprint density at radius 2 is 1.35 bits per heavy atom. The number of hydrogen-bond acceptors (Lipinski definition) is 8. The van der Waals surface area contributed by atoms with E-state index in [1.807, 2.05) is 84.9 Å². The van der Waals surface area contributed by atoms with Crippen molar-refractivity contribution in [1.82, 2.24) is 0 Å². The average molecular weight is 593 g/mol. The minimum atomic E-state index is -0.769. The van der Waals surface area contributed by atoms with E-state index < -0.39 is 12.2 Å². The van der Waals surface area contributed by atoms with E-state index in [2.05, 4.69) is 0 Å².